The number of aryl methyl sites for hydroxylation is 1. The van der Waals surface area contributed by atoms with Gasteiger partial charge in [-0.25, -0.2) is 0 Å². The molecule has 0 bridgehead atoms. The molecular formula is C26H27NO3. The lowest BCUT2D eigenvalue weighted by atomic mass is 9.78. The number of methoxy groups -OCH3 is 2. The molecule has 0 spiro atoms. The number of hydrogen-bond acceptors (Lipinski definition) is 3. The highest BCUT2D eigenvalue weighted by Gasteiger charge is 2.48. The van der Waals surface area contributed by atoms with Crippen LogP contribution in [0.15, 0.2) is 78.9 Å². The minimum Gasteiger partial charge on any atom is -0.497 e. The Kier molecular flexibility index (Phi) is 4.98. The summed E-state index contributed by atoms with van der Waals surface area (Å²) in [5.74, 6) is 0.458. The van der Waals surface area contributed by atoms with Gasteiger partial charge >= 0.3 is 0 Å². The van der Waals surface area contributed by atoms with E-state index in [0.29, 0.717) is 22.7 Å². The minimum atomic E-state index is -1.07. The number of β-lactam (4-membered cyclic amide) rings is 1. The average molecular weight is 408 g/mol. The summed E-state index contributed by atoms with van der Waals surface area (Å²) in [4.78, 5) is 15.0. The number of hydrogen-bond donors (Lipinski definition) is 0. The molecule has 1 saturated heterocycles. The summed E-state index contributed by atoms with van der Waals surface area (Å²) >= 11 is 0. The molecule has 3 aromatic carbocycles. The van der Waals surface area contributed by atoms with Gasteiger partial charge in [0.2, 0.25) is 5.91 Å². The van der Waals surface area contributed by atoms with Gasteiger partial charge in [0.15, 0.2) is 0 Å². The maximum absolute atomic E-state index is 13.3. The molecule has 4 heteroatoms. The Balaban J connectivity index is 1.65. The monoisotopic (exact) mass is 407 g/mol. The molecule has 1 amide bonds. The van der Waals surface area contributed by atoms with Gasteiger partial charge in [-0.05, 0) is 66.7 Å². The van der Waals surface area contributed by atoms with E-state index >= 15 is 0 Å². The maximum Gasteiger partial charge on any atom is 0.233 e. The van der Waals surface area contributed by atoms with E-state index in [9.17, 15) is 4.79 Å². The van der Waals surface area contributed by atoms with Crippen molar-refractivity contribution in [3.05, 3.63) is 90.0 Å². The number of carbonyl (C=O) groups excluding carboxylic acids is 1. The van der Waals surface area contributed by atoms with E-state index in [0.717, 1.165) is 5.56 Å². The molecule has 1 fully saturated rings. The van der Waals surface area contributed by atoms with Crippen LogP contribution in [0.25, 0.3) is 0 Å². The van der Waals surface area contributed by atoms with E-state index in [4.69, 9.17) is 13.6 Å². The lowest BCUT2D eigenvalue weighted by Crippen LogP contribution is -2.55. The second-order valence-electron chi connectivity index (χ2n) is 7.11. The number of ether oxygens (including phenoxy) is 2. The van der Waals surface area contributed by atoms with Gasteiger partial charge < -0.3 is 14.4 Å². The standard InChI is InChI=1S/C26H27NO3/c1-29-22-15-11-20(12-16-22)25-24(10-6-9-19-7-4-3-5-8-19)26(28)27(25)21-13-17-23(30-2)18-14-21/h3-5,7-8,11-18,24-25H,6,9-10H2,1-2H3/t24-,25-/m1/s1/i6T,9T,10T/t6?,9?,10?,24-,25-. The largest absolute Gasteiger partial charge is 0.497 e. The van der Waals surface area contributed by atoms with Gasteiger partial charge in [0.1, 0.15) is 11.5 Å². The van der Waals surface area contributed by atoms with E-state index < -0.39 is 31.2 Å². The molecule has 1 aliphatic heterocycles. The highest BCUT2D eigenvalue weighted by Crippen LogP contribution is 2.46. The molecule has 0 saturated carbocycles. The SMILES string of the molecule is [3H]C(c1ccccc1)C([3H])C([3H])[C@H]1C(=O)N(c2ccc(OC)cc2)[C@@H]1c1ccc(OC)cc1. The molecular weight excluding hydrogens is 374 g/mol. The Morgan fingerprint density at radius 2 is 1.47 bits per heavy atom. The first-order valence-corrected chi connectivity index (χ1v) is 9.89. The van der Waals surface area contributed by atoms with Crippen molar-refractivity contribution in [2.75, 3.05) is 19.1 Å². The van der Waals surface area contributed by atoms with E-state index in [2.05, 4.69) is 0 Å². The van der Waals surface area contributed by atoms with Crippen LogP contribution >= 0.6 is 0 Å². The van der Waals surface area contributed by atoms with Crippen molar-refractivity contribution in [3.8, 4) is 11.5 Å². The fraction of sp³-hybridized carbons (Fsp3) is 0.269. The van der Waals surface area contributed by atoms with E-state index in [1.807, 2.05) is 54.6 Å². The van der Waals surface area contributed by atoms with E-state index in [1.165, 1.54) is 0 Å². The predicted molar refractivity (Wildman–Crippen MR) is 119 cm³/mol. The summed E-state index contributed by atoms with van der Waals surface area (Å²) < 4.78 is 36.5. The topological polar surface area (TPSA) is 38.8 Å². The maximum atomic E-state index is 13.3. The third kappa shape index (κ3) is 4.04. The Hall–Kier alpha value is -3.27. The van der Waals surface area contributed by atoms with Crippen LogP contribution in [-0.2, 0) is 11.2 Å². The van der Waals surface area contributed by atoms with Crippen molar-refractivity contribution in [1.29, 1.82) is 0 Å². The van der Waals surface area contributed by atoms with E-state index in [-0.39, 0.29) is 5.91 Å². The number of carbonyl (C=O) groups is 1. The Morgan fingerprint density at radius 1 is 0.867 bits per heavy atom. The van der Waals surface area contributed by atoms with Crippen LogP contribution in [0.5, 0.6) is 11.5 Å². The zero-order valence-electron chi connectivity index (χ0n) is 20.1. The summed E-state index contributed by atoms with van der Waals surface area (Å²) in [6.45, 7) is 0. The predicted octanol–water partition coefficient (Wildman–Crippen LogP) is 5.43. The Labute approximate surface area is 182 Å². The van der Waals surface area contributed by atoms with Gasteiger partial charge in [-0.15, -0.1) is 0 Å². The van der Waals surface area contributed by atoms with E-state index in [1.54, 1.807) is 43.4 Å². The van der Waals surface area contributed by atoms with Gasteiger partial charge in [0, 0.05) is 9.80 Å². The molecule has 0 aromatic heterocycles. The van der Waals surface area contributed by atoms with Gasteiger partial charge in [-0.1, -0.05) is 42.5 Å². The third-order valence-electron chi connectivity index (χ3n) is 5.36. The summed E-state index contributed by atoms with van der Waals surface area (Å²) in [6.07, 6.45) is -3.03. The average Bonchev–Trinajstić information content (AvgIpc) is 2.87. The van der Waals surface area contributed by atoms with Crippen LogP contribution in [0.4, 0.5) is 5.69 Å². The summed E-state index contributed by atoms with van der Waals surface area (Å²) in [7, 11) is 3.18. The molecule has 1 aliphatic rings. The smallest absolute Gasteiger partial charge is 0.233 e. The summed E-state index contributed by atoms with van der Waals surface area (Å²) in [5.41, 5.74) is 2.24. The molecule has 30 heavy (non-hydrogen) atoms. The van der Waals surface area contributed by atoms with Gasteiger partial charge in [0.05, 0.1) is 26.2 Å². The first-order chi connectivity index (χ1) is 16.0. The van der Waals surface area contributed by atoms with Crippen LogP contribution in [0.3, 0.4) is 0 Å². The number of amides is 1. The molecule has 154 valence electrons. The summed E-state index contributed by atoms with van der Waals surface area (Å²) in [5, 5.41) is 0. The normalized spacial score (nSPS) is 22.7. The van der Waals surface area contributed by atoms with Crippen LogP contribution in [0.1, 0.15) is 34.1 Å². The minimum absolute atomic E-state index is 0.210. The molecule has 0 radical (unpaired) electrons. The Morgan fingerprint density at radius 3 is 2.07 bits per heavy atom. The van der Waals surface area contributed by atoms with Crippen LogP contribution in [0, 0.1) is 5.92 Å². The number of nitrogens with zero attached hydrogens (tertiary/aromatic N) is 1. The highest BCUT2D eigenvalue weighted by atomic mass is 16.5. The van der Waals surface area contributed by atoms with Crippen molar-refractivity contribution in [1.82, 2.24) is 0 Å². The fourth-order valence-electron chi connectivity index (χ4n) is 3.74. The van der Waals surface area contributed by atoms with Gasteiger partial charge in [-0.2, -0.15) is 0 Å². The van der Waals surface area contributed by atoms with Crippen LogP contribution < -0.4 is 14.4 Å². The number of anilines is 1. The summed E-state index contributed by atoms with van der Waals surface area (Å²) in [6, 6.07) is 23.3. The van der Waals surface area contributed by atoms with Crippen molar-refractivity contribution < 1.29 is 18.4 Å². The molecule has 4 nitrogen and oxygen atoms in total. The van der Waals surface area contributed by atoms with Crippen molar-refractivity contribution in [3.63, 3.8) is 0 Å². The Bertz CT molecular complexity index is 1080. The molecule has 4 rings (SSSR count). The lowest BCUT2D eigenvalue weighted by Gasteiger charge is -2.47. The molecule has 0 N–H and O–H groups in total. The van der Waals surface area contributed by atoms with Crippen molar-refractivity contribution >= 4 is 11.6 Å². The number of benzene rings is 3. The highest BCUT2D eigenvalue weighted by molar-refractivity contribution is 6.03. The van der Waals surface area contributed by atoms with Crippen LogP contribution in [-0.4, -0.2) is 20.1 Å². The zero-order valence-corrected chi connectivity index (χ0v) is 17.1. The van der Waals surface area contributed by atoms with Crippen molar-refractivity contribution in [2.45, 2.75) is 25.2 Å². The van der Waals surface area contributed by atoms with Gasteiger partial charge in [0.25, 0.3) is 0 Å². The molecule has 1 heterocycles. The second kappa shape index (κ2) is 9.04. The first-order valence-electron chi connectivity index (χ1n) is 11.6. The zero-order chi connectivity index (χ0) is 23.5. The molecule has 3 aromatic rings. The second-order valence-corrected chi connectivity index (χ2v) is 7.11. The lowest BCUT2D eigenvalue weighted by molar-refractivity contribution is -0.130. The molecule has 0 aliphatic carbocycles. The van der Waals surface area contributed by atoms with Gasteiger partial charge in [-0.3, -0.25) is 4.79 Å². The first kappa shape index (κ1) is 16.5. The van der Waals surface area contributed by atoms with Crippen molar-refractivity contribution in [2.24, 2.45) is 5.92 Å². The molecule has 3 unspecified atom stereocenters. The van der Waals surface area contributed by atoms with Crippen LogP contribution in [0.2, 0.25) is 0 Å². The molecule has 5 atom stereocenters. The fourth-order valence-corrected chi connectivity index (χ4v) is 3.74. The number of rotatable bonds is 8. The third-order valence-corrected chi connectivity index (χ3v) is 5.36. The quantitative estimate of drug-likeness (QED) is 0.467.